The lowest BCUT2D eigenvalue weighted by Gasteiger charge is -2.29. The number of nitrogens with two attached hydrogens (primary N) is 1. The van der Waals surface area contributed by atoms with Crippen molar-refractivity contribution in [2.45, 2.75) is 47.5 Å². The van der Waals surface area contributed by atoms with Crippen LogP contribution < -0.4 is 10.6 Å². The van der Waals surface area contributed by atoms with Crippen molar-refractivity contribution in [3.8, 4) is 0 Å². The first kappa shape index (κ1) is 14.7. The van der Waals surface area contributed by atoms with Gasteiger partial charge in [-0.1, -0.05) is 34.6 Å². The van der Waals surface area contributed by atoms with Crippen LogP contribution in [0.5, 0.6) is 0 Å². The van der Waals surface area contributed by atoms with E-state index in [4.69, 9.17) is 5.73 Å². The van der Waals surface area contributed by atoms with E-state index in [0.29, 0.717) is 5.82 Å². The van der Waals surface area contributed by atoms with Crippen LogP contribution in [0, 0.1) is 12.3 Å². The Labute approximate surface area is 111 Å². The fourth-order valence-corrected chi connectivity index (χ4v) is 1.96. The van der Waals surface area contributed by atoms with E-state index in [9.17, 15) is 0 Å². The first-order chi connectivity index (χ1) is 8.11. The fourth-order valence-electron chi connectivity index (χ4n) is 1.96. The molecule has 1 aromatic heterocycles. The van der Waals surface area contributed by atoms with Crippen LogP contribution >= 0.6 is 0 Å². The second-order valence-electron chi connectivity index (χ2n) is 6.49. The van der Waals surface area contributed by atoms with Crippen LogP contribution in [0.4, 0.5) is 11.6 Å². The number of aromatic nitrogens is 2. The molecule has 1 rings (SSSR count). The summed E-state index contributed by atoms with van der Waals surface area (Å²) in [5.41, 5.74) is 7.17. The van der Waals surface area contributed by atoms with Gasteiger partial charge in [0.15, 0.2) is 0 Å². The molecule has 0 unspecified atom stereocenters. The van der Waals surface area contributed by atoms with Gasteiger partial charge in [0.25, 0.3) is 0 Å². The fraction of sp³-hybridized carbons (Fsp3) is 0.714. The molecule has 18 heavy (non-hydrogen) atoms. The van der Waals surface area contributed by atoms with Crippen LogP contribution in [-0.4, -0.2) is 23.6 Å². The third-order valence-electron chi connectivity index (χ3n) is 2.76. The van der Waals surface area contributed by atoms with Crippen LogP contribution in [0.1, 0.15) is 51.9 Å². The molecule has 4 heteroatoms. The standard InChI is InChI=1S/C14H26N4/c1-9(2)12-16-11(15)10(3)13(17-12)18(7)8-14(4,5)6/h9H,8H2,1-7H3,(H2,15,16,17). The van der Waals surface area contributed by atoms with E-state index in [-0.39, 0.29) is 11.3 Å². The molecule has 0 aliphatic carbocycles. The molecular weight excluding hydrogens is 224 g/mol. The van der Waals surface area contributed by atoms with Gasteiger partial charge in [-0.2, -0.15) is 0 Å². The number of hydrogen-bond donors (Lipinski definition) is 1. The Morgan fingerprint density at radius 3 is 2.22 bits per heavy atom. The second-order valence-corrected chi connectivity index (χ2v) is 6.49. The molecule has 0 aliphatic heterocycles. The Kier molecular flexibility index (Phi) is 4.20. The molecule has 1 aromatic rings. The number of rotatable bonds is 3. The maximum Gasteiger partial charge on any atom is 0.137 e. The number of anilines is 2. The lowest BCUT2D eigenvalue weighted by molar-refractivity contribution is 0.417. The van der Waals surface area contributed by atoms with Crippen LogP contribution in [0.3, 0.4) is 0 Å². The van der Waals surface area contributed by atoms with Crippen molar-refractivity contribution in [1.29, 1.82) is 0 Å². The minimum absolute atomic E-state index is 0.221. The summed E-state index contributed by atoms with van der Waals surface area (Å²) in [7, 11) is 2.06. The zero-order valence-corrected chi connectivity index (χ0v) is 12.7. The summed E-state index contributed by atoms with van der Waals surface area (Å²) in [4.78, 5) is 11.2. The highest BCUT2D eigenvalue weighted by atomic mass is 15.2. The Hall–Kier alpha value is -1.32. The van der Waals surface area contributed by atoms with Gasteiger partial charge in [-0.15, -0.1) is 0 Å². The summed E-state index contributed by atoms with van der Waals surface area (Å²) in [5.74, 6) is 2.63. The van der Waals surface area contributed by atoms with E-state index in [2.05, 4.69) is 56.5 Å². The lowest BCUT2D eigenvalue weighted by atomic mass is 9.96. The van der Waals surface area contributed by atoms with Crippen LogP contribution in [0.15, 0.2) is 0 Å². The highest BCUT2D eigenvalue weighted by molar-refractivity contribution is 5.56. The normalized spacial score (nSPS) is 12.0. The van der Waals surface area contributed by atoms with E-state index in [1.165, 1.54) is 0 Å². The molecule has 0 fully saturated rings. The predicted molar refractivity (Wildman–Crippen MR) is 78.0 cm³/mol. The van der Waals surface area contributed by atoms with E-state index < -0.39 is 0 Å². The molecule has 102 valence electrons. The van der Waals surface area contributed by atoms with E-state index in [1.54, 1.807) is 0 Å². The molecular formula is C14H26N4. The van der Waals surface area contributed by atoms with Crippen molar-refractivity contribution < 1.29 is 0 Å². The maximum atomic E-state index is 5.98. The zero-order valence-electron chi connectivity index (χ0n) is 12.7. The van der Waals surface area contributed by atoms with Crippen molar-refractivity contribution >= 4 is 11.6 Å². The monoisotopic (exact) mass is 250 g/mol. The first-order valence-corrected chi connectivity index (χ1v) is 6.47. The van der Waals surface area contributed by atoms with Crippen molar-refractivity contribution in [1.82, 2.24) is 9.97 Å². The van der Waals surface area contributed by atoms with Gasteiger partial charge in [-0.25, -0.2) is 9.97 Å². The lowest BCUT2D eigenvalue weighted by Crippen LogP contribution is -2.31. The number of nitrogens with zero attached hydrogens (tertiary/aromatic N) is 3. The average molecular weight is 250 g/mol. The van der Waals surface area contributed by atoms with Gasteiger partial charge < -0.3 is 10.6 Å². The highest BCUT2D eigenvalue weighted by Gasteiger charge is 2.19. The van der Waals surface area contributed by atoms with Crippen LogP contribution in [0.25, 0.3) is 0 Å². The first-order valence-electron chi connectivity index (χ1n) is 6.47. The largest absolute Gasteiger partial charge is 0.383 e. The maximum absolute atomic E-state index is 5.98. The minimum atomic E-state index is 0.221. The summed E-state index contributed by atoms with van der Waals surface area (Å²) in [6.07, 6.45) is 0. The van der Waals surface area contributed by atoms with Gasteiger partial charge in [0, 0.05) is 25.1 Å². The smallest absolute Gasteiger partial charge is 0.137 e. The average Bonchev–Trinajstić information content (AvgIpc) is 2.18. The molecule has 1 heterocycles. The van der Waals surface area contributed by atoms with Crippen molar-refractivity contribution in [2.24, 2.45) is 5.41 Å². The van der Waals surface area contributed by atoms with E-state index in [1.807, 2.05) is 6.92 Å². The summed E-state index contributed by atoms with van der Waals surface area (Å²) >= 11 is 0. The molecule has 0 bridgehead atoms. The molecule has 4 nitrogen and oxygen atoms in total. The number of nitrogen functional groups attached to an aromatic ring is 1. The van der Waals surface area contributed by atoms with Gasteiger partial charge in [0.05, 0.1) is 0 Å². The van der Waals surface area contributed by atoms with Crippen molar-refractivity contribution in [3.05, 3.63) is 11.4 Å². The SMILES string of the molecule is Cc1c(N)nc(C(C)C)nc1N(C)CC(C)(C)C. The Morgan fingerprint density at radius 2 is 1.78 bits per heavy atom. The quantitative estimate of drug-likeness (QED) is 0.896. The van der Waals surface area contributed by atoms with E-state index in [0.717, 1.165) is 23.8 Å². The van der Waals surface area contributed by atoms with Gasteiger partial charge >= 0.3 is 0 Å². The molecule has 0 aromatic carbocycles. The van der Waals surface area contributed by atoms with E-state index >= 15 is 0 Å². The van der Waals surface area contributed by atoms with Gasteiger partial charge in [0.1, 0.15) is 17.5 Å². The van der Waals surface area contributed by atoms with Crippen LogP contribution in [-0.2, 0) is 0 Å². The molecule has 0 radical (unpaired) electrons. The summed E-state index contributed by atoms with van der Waals surface area (Å²) < 4.78 is 0. The Morgan fingerprint density at radius 1 is 1.22 bits per heavy atom. The Bertz CT molecular complexity index is 419. The second kappa shape index (κ2) is 5.12. The molecule has 2 N–H and O–H groups in total. The highest BCUT2D eigenvalue weighted by Crippen LogP contribution is 2.26. The van der Waals surface area contributed by atoms with Gasteiger partial charge in [-0.05, 0) is 12.3 Å². The molecule has 0 amide bonds. The zero-order chi connectivity index (χ0) is 14.1. The number of hydrogen-bond acceptors (Lipinski definition) is 4. The molecule has 0 spiro atoms. The third-order valence-corrected chi connectivity index (χ3v) is 2.76. The predicted octanol–water partition coefficient (Wildman–Crippen LogP) is 2.97. The van der Waals surface area contributed by atoms with Crippen molar-refractivity contribution in [3.63, 3.8) is 0 Å². The molecule has 0 atom stereocenters. The van der Waals surface area contributed by atoms with Gasteiger partial charge in [0.2, 0.25) is 0 Å². The Balaban J connectivity index is 3.14. The third kappa shape index (κ3) is 3.59. The summed E-state index contributed by atoms with van der Waals surface area (Å²) in [5, 5.41) is 0. The minimum Gasteiger partial charge on any atom is -0.383 e. The molecule has 0 saturated heterocycles. The molecule has 0 aliphatic rings. The van der Waals surface area contributed by atoms with Gasteiger partial charge in [-0.3, -0.25) is 0 Å². The summed E-state index contributed by atoms with van der Waals surface area (Å²) in [6, 6.07) is 0. The van der Waals surface area contributed by atoms with Crippen LogP contribution in [0.2, 0.25) is 0 Å². The summed E-state index contributed by atoms with van der Waals surface area (Å²) in [6.45, 7) is 13.7. The van der Waals surface area contributed by atoms with Crippen molar-refractivity contribution in [2.75, 3.05) is 24.2 Å². The topological polar surface area (TPSA) is 55.0 Å². The molecule has 0 saturated carbocycles.